The Morgan fingerprint density at radius 1 is 0.260 bits per heavy atom. The SMILES string of the molecule is c1ccc(-c2c3ccccc3c(-c3ccc(-c4c5ccccc5c(-c5cccc6ccccc56)c5ccncc45)cc3)c3cnccc23)cc1. The molecule has 0 amide bonds. The van der Waals surface area contributed by atoms with E-state index in [0.717, 1.165) is 10.8 Å². The predicted molar refractivity (Wildman–Crippen MR) is 211 cm³/mol. The summed E-state index contributed by atoms with van der Waals surface area (Å²) < 4.78 is 0. The van der Waals surface area contributed by atoms with Crippen molar-refractivity contribution in [3.63, 3.8) is 0 Å². The van der Waals surface area contributed by atoms with Gasteiger partial charge >= 0.3 is 0 Å². The van der Waals surface area contributed by atoms with Gasteiger partial charge in [-0.1, -0.05) is 146 Å². The van der Waals surface area contributed by atoms with Gasteiger partial charge in [0.15, 0.2) is 0 Å². The van der Waals surface area contributed by atoms with Crippen molar-refractivity contribution in [3.8, 4) is 44.5 Å². The Balaban J connectivity index is 1.21. The van der Waals surface area contributed by atoms with Crippen molar-refractivity contribution >= 4 is 53.9 Å². The summed E-state index contributed by atoms with van der Waals surface area (Å²) in [6.45, 7) is 0. The molecule has 8 aromatic carbocycles. The van der Waals surface area contributed by atoms with E-state index in [0.29, 0.717) is 0 Å². The van der Waals surface area contributed by atoms with Crippen LogP contribution in [0.4, 0.5) is 0 Å². The molecular weight excluding hydrogens is 605 g/mol. The van der Waals surface area contributed by atoms with Gasteiger partial charge < -0.3 is 0 Å². The highest BCUT2D eigenvalue weighted by Gasteiger charge is 2.20. The largest absolute Gasteiger partial charge is 0.264 e. The summed E-state index contributed by atoms with van der Waals surface area (Å²) in [6, 6.07) is 57.0. The number of rotatable bonds is 4. The maximum atomic E-state index is 4.66. The molecule has 0 aliphatic heterocycles. The fourth-order valence-corrected chi connectivity index (χ4v) is 8.12. The molecular formula is C48H30N2. The van der Waals surface area contributed by atoms with E-state index in [9.17, 15) is 0 Å². The van der Waals surface area contributed by atoms with Crippen molar-refractivity contribution < 1.29 is 0 Å². The number of hydrogen-bond acceptors (Lipinski definition) is 2. The van der Waals surface area contributed by atoms with E-state index >= 15 is 0 Å². The topological polar surface area (TPSA) is 25.8 Å². The lowest BCUT2D eigenvalue weighted by molar-refractivity contribution is 1.37. The molecule has 0 aliphatic carbocycles. The summed E-state index contributed by atoms with van der Waals surface area (Å²) in [5, 5.41) is 12.1. The zero-order valence-corrected chi connectivity index (χ0v) is 27.2. The minimum Gasteiger partial charge on any atom is -0.264 e. The lowest BCUT2D eigenvalue weighted by Gasteiger charge is -2.19. The van der Waals surface area contributed by atoms with Crippen molar-refractivity contribution in [2.24, 2.45) is 0 Å². The molecule has 0 unspecified atom stereocenters. The molecule has 0 radical (unpaired) electrons. The van der Waals surface area contributed by atoms with Crippen LogP contribution in [0.25, 0.3) is 98.4 Å². The van der Waals surface area contributed by atoms with Crippen LogP contribution in [-0.2, 0) is 0 Å². The van der Waals surface area contributed by atoms with Crippen molar-refractivity contribution in [1.82, 2.24) is 9.97 Å². The smallest absolute Gasteiger partial charge is 0.0353 e. The summed E-state index contributed by atoms with van der Waals surface area (Å²) in [5.74, 6) is 0. The number of hydrogen-bond donors (Lipinski definition) is 0. The van der Waals surface area contributed by atoms with Crippen LogP contribution < -0.4 is 0 Å². The molecule has 2 nitrogen and oxygen atoms in total. The lowest BCUT2D eigenvalue weighted by atomic mass is 9.84. The monoisotopic (exact) mass is 634 g/mol. The van der Waals surface area contributed by atoms with Crippen LogP contribution in [-0.4, -0.2) is 9.97 Å². The molecule has 10 aromatic rings. The van der Waals surface area contributed by atoms with Gasteiger partial charge in [-0.05, 0) is 99.7 Å². The van der Waals surface area contributed by atoms with Crippen molar-refractivity contribution in [2.45, 2.75) is 0 Å². The molecule has 0 saturated heterocycles. The van der Waals surface area contributed by atoms with E-state index in [1.54, 1.807) is 0 Å². The van der Waals surface area contributed by atoms with Gasteiger partial charge in [0, 0.05) is 35.6 Å². The van der Waals surface area contributed by atoms with Gasteiger partial charge in [0.1, 0.15) is 0 Å². The first kappa shape index (κ1) is 28.4. The second-order valence-corrected chi connectivity index (χ2v) is 12.9. The maximum absolute atomic E-state index is 4.66. The summed E-state index contributed by atoms with van der Waals surface area (Å²) >= 11 is 0. The molecule has 232 valence electrons. The number of benzene rings is 8. The molecule has 50 heavy (non-hydrogen) atoms. The van der Waals surface area contributed by atoms with Crippen LogP contribution >= 0.6 is 0 Å². The second-order valence-electron chi connectivity index (χ2n) is 12.9. The molecule has 0 N–H and O–H groups in total. The third-order valence-corrected chi connectivity index (χ3v) is 10.2. The van der Waals surface area contributed by atoms with Crippen molar-refractivity contribution in [2.75, 3.05) is 0 Å². The zero-order valence-electron chi connectivity index (χ0n) is 27.2. The minimum absolute atomic E-state index is 1.15. The zero-order chi connectivity index (χ0) is 33.0. The molecule has 0 saturated carbocycles. The van der Waals surface area contributed by atoms with Crippen LogP contribution in [0.15, 0.2) is 183 Å². The fraction of sp³-hybridized carbons (Fsp3) is 0. The minimum atomic E-state index is 1.15. The predicted octanol–water partition coefficient (Wildman–Crippen LogP) is 12.9. The lowest BCUT2D eigenvalue weighted by Crippen LogP contribution is -1.93. The molecule has 10 rings (SSSR count). The molecule has 2 heteroatoms. The Hall–Kier alpha value is -6.64. The summed E-state index contributed by atoms with van der Waals surface area (Å²) in [6.07, 6.45) is 7.88. The van der Waals surface area contributed by atoms with Gasteiger partial charge in [0.05, 0.1) is 0 Å². The first-order valence-corrected chi connectivity index (χ1v) is 17.1. The number of pyridine rings is 2. The standard InChI is InChI=1S/C48H30N2/c1-2-12-32(13-3-1)45-37-16-6-7-17-38(37)46(43-29-49-27-25-41(43)45)33-21-23-34(24-22-33)47-39-18-8-9-19-40(39)48(42-26-28-50-30-44(42)47)36-20-10-14-31-11-4-5-15-35(31)36/h1-30H. The molecule has 0 atom stereocenters. The van der Waals surface area contributed by atoms with Gasteiger partial charge in [-0.3, -0.25) is 9.97 Å². The Labute approximate surface area is 290 Å². The third kappa shape index (κ3) is 4.36. The van der Waals surface area contributed by atoms with Gasteiger partial charge in [-0.25, -0.2) is 0 Å². The number of aromatic nitrogens is 2. The van der Waals surface area contributed by atoms with Gasteiger partial charge in [-0.15, -0.1) is 0 Å². The van der Waals surface area contributed by atoms with Crippen LogP contribution in [0.2, 0.25) is 0 Å². The summed E-state index contributed by atoms with van der Waals surface area (Å²) in [7, 11) is 0. The van der Waals surface area contributed by atoms with Crippen molar-refractivity contribution in [3.05, 3.63) is 183 Å². The fourth-order valence-electron chi connectivity index (χ4n) is 8.12. The first-order chi connectivity index (χ1) is 24.8. The Bertz CT molecular complexity index is 2790. The molecule has 0 bridgehead atoms. The van der Waals surface area contributed by atoms with Crippen LogP contribution in [0.5, 0.6) is 0 Å². The number of fused-ring (bicyclic) bond motifs is 5. The number of nitrogens with zero attached hydrogens (tertiary/aromatic N) is 2. The Kier molecular flexibility index (Phi) is 6.53. The average molecular weight is 635 g/mol. The average Bonchev–Trinajstić information content (AvgIpc) is 3.19. The van der Waals surface area contributed by atoms with E-state index in [-0.39, 0.29) is 0 Å². The normalized spacial score (nSPS) is 11.6. The highest BCUT2D eigenvalue weighted by molar-refractivity contribution is 6.24. The molecule has 0 aliphatic rings. The first-order valence-electron chi connectivity index (χ1n) is 17.1. The second kappa shape index (κ2) is 11.5. The maximum Gasteiger partial charge on any atom is 0.0353 e. The highest BCUT2D eigenvalue weighted by Crippen LogP contribution is 2.47. The van der Waals surface area contributed by atoms with Crippen LogP contribution in [0.3, 0.4) is 0 Å². The third-order valence-electron chi connectivity index (χ3n) is 10.2. The Morgan fingerprint density at radius 2 is 0.660 bits per heavy atom. The quantitative estimate of drug-likeness (QED) is 0.180. The van der Waals surface area contributed by atoms with E-state index in [2.05, 4.69) is 168 Å². The van der Waals surface area contributed by atoms with E-state index in [1.165, 1.54) is 87.6 Å². The van der Waals surface area contributed by atoms with E-state index < -0.39 is 0 Å². The van der Waals surface area contributed by atoms with Gasteiger partial charge in [0.2, 0.25) is 0 Å². The molecule has 0 spiro atoms. The van der Waals surface area contributed by atoms with Gasteiger partial charge in [-0.2, -0.15) is 0 Å². The summed E-state index contributed by atoms with van der Waals surface area (Å²) in [5.41, 5.74) is 9.69. The van der Waals surface area contributed by atoms with E-state index in [4.69, 9.17) is 0 Å². The molecule has 2 aromatic heterocycles. The van der Waals surface area contributed by atoms with E-state index in [1.807, 2.05) is 24.8 Å². The van der Waals surface area contributed by atoms with Gasteiger partial charge in [0.25, 0.3) is 0 Å². The molecule has 2 heterocycles. The summed E-state index contributed by atoms with van der Waals surface area (Å²) in [4.78, 5) is 9.28. The Morgan fingerprint density at radius 3 is 1.24 bits per heavy atom. The molecule has 0 fully saturated rings. The highest BCUT2D eigenvalue weighted by atomic mass is 14.6. The van der Waals surface area contributed by atoms with Crippen molar-refractivity contribution in [1.29, 1.82) is 0 Å². The van der Waals surface area contributed by atoms with Crippen LogP contribution in [0.1, 0.15) is 0 Å². The van der Waals surface area contributed by atoms with Crippen LogP contribution in [0, 0.1) is 0 Å².